The van der Waals surface area contributed by atoms with Gasteiger partial charge in [0.05, 0.1) is 10.8 Å². The summed E-state index contributed by atoms with van der Waals surface area (Å²) < 4.78 is 0. The van der Waals surface area contributed by atoms with Crippen LogP contribution in [0, 0.1) is 10.8 Å². The third-order valence-corrected chi connectivity index (χ3v) is 3.07. The topological polar surface area (TPSA) is 56.3 Å². The van der Waals surface area contributed by atoms with E-state index in [1.807, 2.05) is 36.4 Å². The zero-order valence-electron chi connectivity index (χ0n) is 9.41. The van der Waals surface area contributed by atoms with E-state index < -0.39 is 0 Å². The van der Waals surface area contributed by atoms with Gasteiger partial charge in [-0.3, -0.25) is 0 Å². The molecule has 4 heteroatoms. The average molecular weight is 232 g/mol. The number of fused-ring (bicyclic) bond motifs is 3. The summed E-state index contributed by atoms with van der Waals surface area (Å²) in [7, 11) is 0. The molecule has 0 amide bonds. The minimum atomic E-state index is 0.502. The van der Waals surface area contributed by atoms with Crippen LogP contribution in [0.4, 0.5) is 11.4 Å². The average Bonchev–Trinajstić information content (AvgIpc) is 2.45. The van der Waals surface area contributed by atoms with Gasteiger partial charge in [-0.2, -0.15) is 0 Å². The van der Waals surface area contributed by atoms with Crippen molar-refractivity contribution in [2.75, 3.05) is 0 Å². The summed E-state index contributed by atoms with van der Waals surface area (Å²) in [4.78, 5) is 6.58. The van der Waals surface area contributed by atoms with E-state index >= 15 is 0 Å². The molecule has 0 heterocycles. The molecule has 82 valence electrons. The Bertz CT molecular complexity index is 853. The Morgan fingerprint density at radius 2 is 1.39 bits per heavy atom. The molecule has 0 atom stereocenters. The van der Waals surface area contributed by atoms with Crippen LogP contribution in [0.1, 0.15) is 0 Å². The second-order valence-corrected chi connectivity index (χ2v) is 4.01. The molecule has 4 nitrogen and oxygen atoms in total. The summed E-state index contributed by atoms with van der Waals surface area (Å²) >= 11 is 0. The van der Waals surface area contributed by atoms with Crippen LogP contribution in [0.2, 0.25) is 0 Å². The Morgan fingerprint density at radius 1 is 0.667 bits per heavy atom. The van der Waals surface area contributed by atoms with Crippen molar-refractivity contribution in [1.82, 2.24) is 0 Å². The number of nitrogens with zero attached hydrogens (tertiary/aromatic N) is 4. The van der Waals surface area contributed by atoms with Crippen LogP contribution in [-0.4, -0.2) is 0 Å². The van der Waals surface area contributed by atoms with Gasteiger partial charge >= 0.3 is 11.4 Å². The van der Waals surface area contributed by atoms with Gasteiger partial charge in [-0.25, -0.2) is 0 Å². The van der Waals surface area contributed by atoms with Gasteiger partial charge < -0.3 is 0 Å². The quantitative estimate of drug-likeness (QED) is 0.406. The predicted molar refractivity (Wildman–Crippen MR) is 70.9 cm³/mol. The zero-order chi connectivity index (χ0) is 12.5. The SMILES string of the molecule is N#[N+]c1cccc2c1ccc1cccc([N+]#N)c12. The van der Waals surface area contributed by atoms with Crippen molar-refractivity contribution in [3.05, 3.63) is 58.5 Å². The van der Waals surface area contributed by atoms with Crippen molar-refractivity contribution < 1.29 is 0 Å². The summed E-state index contributed by atoms with van der Waals surface area (Å²) in [6, 6.07) is 14.8. The van der Waals surface area contributed by atoms with E-state index in [0.717, 1.165) is 21.5 Å². The van der Waals surface area contributed by atoms with E-state index in [2.05, 4.69) is 9.95 Å². The zero-order valence-corrected chi connectivity index (χ0v) is 9.41. The molecule has 0 fully saturated rings. The number of hydrogen-bond donors (Lipinski definition) is 0. The van der Waals surface area contributed by atoms with Crippen molar-refractivity contribution in [3.8, 4) is 0 Å². The molecule has 0 saturated carbocycles. The van der Waals surface area contributed by atoms with Crippen molar-refractivity contribution in [2.45, 2.75) is 0 Å². The Hall–Kier alpha value is -2.98. The van der Waals surface area contributed by atoms with Crippen LogP contribution in [0.3, 0.4) is 0 Å². The van der Waals surface area contributed by atoms with Crippen molar-refractivity contribution >= 4 is 32.9 Å². The normalized spacial score (nSPS) is 10.1. The summed E-state index contributed by atoms with van der Waals surface area (Å²) in [5, 5.41) is 21.6. The fourth-order valence-corrected chi connectivity index (χ4v) is 2.28. The van der Waals surface area contributed by atoms with E-state index in [1.165, 1.54) is 0 Å². The van der Waals surface area contributed by atoms with E-state index in [0.29, 0.717) is 11.4 Å². The summed E-state index contributed by atoms with van der Waals surface area (Å²) in [5.41, 5.74) is 1.01. The maximum absolute atomic E-state index is 9.07. The predicted octanol–water partition coefficient (Wildman–Crippen LogP) is 4.96. The van der Waals surface area contributed by atoms with E-state index in [4.69, 9.17) is 10.8 Å². The molecular weight excluding hydrogens is 224 g/mol. The monoisotopic (exact) mass is 232 g/mol. The highest BCUT2D eigenvalue weighted by atomic mass is 14.9. The highest BCUT2D eigenvalue weighted by molar-refractivity contribution is 6.16. The highest BCUT2D eigenvalue weighted by Crippen LogP contribution is 2.36. The standard InChI is InChI=1S/C14H8N4/c15-17-12-5-2-4-11-10(12)8-7-9-3-1-6-13(18-16)14(9)11/h1-8H/q+2. The first-order valence-electron chi connectivity index (χ1n) is 5.50. The second-order valence-electron chi connectivity index (χ2n) is 4.01. The Balaban J connectivity index is 2.63. The lowest BCUT2D eigenvalue weighted by molar-refractivity contribution is 1.47. The van der Waals surface area contributed by atoms with Crippen LogP contribution in [0.15, 0.2) is 48.5 Å². The molecule has 0 N–H and O–H groups in total. The molecule has 0 spiro atoms. The first kappa shape index (κ1) is 10.2. The second kappa shape index (κ2) is 3.80. The number of hydrogen-bond acceptors (Lipinski definition) is 2. The van der Waals surface area contributed by atoms with E-state index in [9.17, 15) is 0 Å². The van der Waals surface area contributed by atoms with Gasteiger partial charge in [0.2, 0.25) is 10.8 Å². The van der Waals surface area contributed by atoms with Crippen LogP contribution in [0.5, 0.6) is 0 Å². The summed E-state index contributed by atoms with van der Waals surface area (Å²) in [5.74, 6) is 0. The van der Waals surface area contributed by atoms with Crippen LogP contribution < -0.4 is 0 Å². The molecule has 0 bridgehead atoms. The van der Waals surface area contributed by atoms with Gasteiger partial charge in [-0.15, -0.1) is 0 Å². The number of diazo groups is 2. The van der Waals surface area contributed by atoms with Gasteiger partial charge in [0.1, 0.15) is 0 Å². The van der Waals surface area contributed by atoms with Crippen LogP contribution in [0.25, 0.3) is 31.5 Å². The maximum atomic E-state index is 9.07. The third-order valence-electron chi connectivity index (χ3n) is 3.07. The first-order valence-corrected chi connectivity index (χ1v) is 5.50. The molecule has 0 aromatic heterocycles. The fourth-order valence-electron chi connectivity index (χ4n) is 2.28. The third kappa shape index (κ3) is 1.30. The molecule has 0 aliphatic carbocycles. The van der Waals surface area contributed by atoms with Gasteiger partial charge in [0, 0.05) is 17.5 Å². The lowest BCUT2D eigenvalue weighted by Gasteiger charge is -1.99. The van der Waals surface area contributed by atoms with Gasteiger partial charge in [0.25, 0.3) is 0 Å². The summed E-state index contributed by atoms with van der Waals surface area (Å²) in [6.45, 7) is 0. The molecule has 3 aromatic carbocycles. The number of rotatable bonds is 0. The minimum absolute atomic E-state index is 0.502. The molecule has 0 aliphatic rings. The van der Waals surface area contributed by atoms with Gasteiger partial charge in [-0.05, 0) is 11.5 Å². The van der Waals surface area contributed by atoms with Crippen molar-refractivity contribution in [3.63, 3.8) is 0 Å². The lowest BCUT2D eigenvalue weighted by Crippen LogP contribution is -1.78. The Kier molecular flexibility index (Phi) is 2.15. The van der Waals surface area contributed by atoms with E-state index in [1.54, 1.807) is 12.1 Å². The molecule has 0 saturated heterocycles. The van der Waals surface area contributed by atoms with E-state index in [-0.39, 0.29) is 0 Å². The smallest absolute Gasteiger partial charge is 0.0538 e. The molecule has 3 aromatic rings. The number of benzene rings is 3. The molecule has 0 unspecified atom stereocenters. The molecule has 18 heavy (non-hydrogen) atoms. The molecule has 0 radical (unpaired) electrons. The Labute approximate surface area is 103 Å². The largest absolute Gasteiger partial charge is 0.393 e. The molecule has 0 aliphatic heterocycles. The maximum Gasteiger partial charge on any atom is 0.393 e. The van der Waals surface area contributed by atoms with Gasteiger partial charge in [0.15, 0.2) is 9.95 Å². The minimum Gasteiger partial charge on any atom is -0.0538 e. The molecular formula is C14H8N4+2. The van der Waals surface area contributed by atoms with Crippen LogP contribution >= 0.6 is 0 Å². The lowest BCUT2D eigenvalue weighted by atomic mass is 10.00. The Morgan fingerprint density at radius 3 is 2.17 bits per heavy atom. The van der Waals surface area contributed by atoms with Crippen molar-refractivity contribution in [2.24, 2.45) is 0 Å². The van der Waals surface area contributed by atoms with Crippen LogP contribution in [-0.2, 0) is 0 Å². The highest BCUT2D eigenvalue weighted by Gasteiger charge is 2.18. The summed E-state index contributed by atoms with van der Waals surface area (Å²) in [6.07, 6.45) is 0. The fraction of sp³-hybridized carbons (Fsp3) is 0. The van der Waals surface area contributed by atoms with Crippen molar-refractivity contribution in [1.29, 1.82) is 10.8 Å². The molecule has 3 rings (SSSR count). The van der Waals surface area contributed by atoms with Gasteiger partial charge in [-0.1, -0.05) is 30.3 Å². The first-order chi connectivity index (χ1) is 8.85.